The molecule has 0 bridgehead atoms. The number of carbonyl (C=O) groups excluding carboxylic acids is 2. The Labute approximate surface area is 211 Å². The van der Waals surface area contributed by atoms with Crippen LogP contribution in [0.3, 0.4) is 0 Å². The molecule has 0 radical (unpaired) electrons. The minimum atomic E-state index is -4.89. The highest BCUT2D eigenvalue weighted by Gasteiger charge is 2.65. The van der Waals surface area contributed by atoms with E-state index in [1.165, 1.54) is 12.1 Å². The van der Waals surface area contributed by atoms with Crippen molar-refractivity contribution < 1.29 is 55.6 Å². The predicted octanol–water partition coefficient (Wildman–Crippen LogP) is 2.88. The van der Waals surface area contributed by atoms with Gasteiger partial charge in [0.2, 0.25) is 0 Å². The molecule has 9 nitrogen and oxygen atoms in total. The first kappa shape index (κ1) is 28.1. The van der Waals surface area contributed by atoms with Crippen LogP contribution in [-0.2, 0) is 9.59 Å². The fourth-order valence-electron chi connectivity index (χ4n) is 2.82. The van der Waals surface area contributed by atoms with E-state index in [9.17, 15) is 36.6 Å². The second-order valence-electron chi connectivity index (χ2n) is 7.60. The Morgan fingerprint density at radius 3 is 2.14 bits per heavy atom. The molecule has 1 heterocycles. The molecule has 3 rings (SSSR count). The molecule has 1 atom stereocenters. The number of rotatable bonds is 11. The third-order valence-electron chi connectivity index (χ3n) is 4.70. The second kappa shape index (κ2) is 11.7. The first-order valence-corrected chi connectivity index (χ1v) is 10.9. The van der Waals surface area contributed by atoms with Crippen LogP contribution in [0.2, 0.25) is 5.02 Å². The molecule has 0 fully saturated rings. The lowest BCUT2D eigenvalue weighted by Crippen LogP contribution is -2.52. The van der Waals surface area contributed by atoms with Gasteiger partial charge < -0.3 is 34.7 Å². The largest absolute Gasteiger partial charge is 0.507 e. The quantitative estimate of drug-likeness (QED) is 0.366. The average molecular weight is 555 g/mol. The third kappa shape index (κ3) is 7.73. The lowest BCUT2D eigenvalue weighted by molar-refractivity contribution is -0.391. The normalized spacial score (nSPS) is 15.9. The van der Waals surface area contributed by atoms with Crippen LogP contribution in [0.25, 0.3) is 0 Å². The average Bonchev–Trinajstić information content (AvgIpc) is 2.82. The van der Waals surface area contributed by atoms with E-state index in [1.807, 2.05) is 0 Å². The van der Waals surface area contributed by atoms with Crippen molar-refractivity contribution in [1.29, 1.82) is 0 Å². The number of ether oxygens (including phenoxy) is 4. The summed E-state index contributed by atoms with van der Waals surface area (Å²) in [6.45, 7) is -1.13. The molecule has 0 saturated carbocycles. The predicted molar refractivity (Wildman–Crippen MR) is 117 cm³/mol. The van der Waals surface area contributed by atoms with Crippen LogP contribution in [0.5, 0.6) is 23.0 Å². The highest BCUT2D eigenvalue weighted by atomic mass is 35.5. The summed E-state index contributed by atoms with van der Waals surface area (Å²) in [7, 11) is 0. The highest BCUT2D eigenvalue weighted by Crippen LogP contribution is 2.47. The monoisotopic (exact) mass is 554 g/mol. The maximum Gasteiger partial charge on any atom is 0.507 e. The van der Waals surface area contributed by atoms with E-state index in [2.05, 4.69) is 20.1 Å². The van der Waals surface area contributed by atoms with Crippen LogP contribution in [0.4, 0.5) is 22.0 Å². The van der Waals surface area contributed by atoms with Crippen LogP contribution >= 0.6 is 11.6 Å². The Bertz CT molecular complexity index is 1140. The number of halogens is 6. The molecular formula is C22H20ClF5N2O7. The summed E-state index contributed by atoms with van der Waals surface area (Å²) in [5.41, 5.74) is 0. The number of nitrogens with one attached hydrogen (secondary N) is 2. The third-order valence-corrected chi connectivity index (χ3v) is 5.00. The maximum atomic E-state index is 13.3. The van der Waals surface area contributed by atoms with Gasteiger partial charge >= 0.3 is 12.2 Å². The van der Waals surface area contributed by atoms with Gasteiger partial charge in [-0.05, 0) is 30.7 Å². The van der Waals surface area contributed by atoms with Crippen molar-refractivity contribution in [3.05, 3.63) is 47.2 Å². The van der Waals surface area contributed by atoms with Gasteiger partial charge in [-0.1, -0.05) is 11.6 Å². The number of fused-ring (bicyclic) bond motifs is 1. The number of benzene rings is 2. The van der Waals surface area contributed by atoms with Crippen molar-refractivity contribution in [2.24, 2.45) is 0 Å². The molecule has 0 aliphatic carbocycles. The molecule has 2 aromatic carbocycles. The Balaban J connectivity index is 1.32. The minimum Gasteiger partial charge on any atom is -0.484 e. The van der Waals surface area contributed by atoms with Crippen molar-refractivity contribution in [3.8, 4) is 23.0 Å². The lowest BCUT2D eigenvalue weighted by Gasteiger charge is -2.31. The minimum absolute atomic E-state index is 0.00221. The van der Waals surface area contributed by atoms with Crippen LogP contribution < -0.4 is 29.6 Å². The fourth-order valence-corrected chi connectivity index (χ4v) is 2.93. The van der Waals surface area contributed by atoms with Gasteiger partial charge in [-0.15, -0.1) is 0 Å². The van der Waals surface area contributed by atoms with E-state index in [-0.39, 0.29) is 36.0 Å². The smallest absolute Gasteiger partial charge is 0.484 e. The van der Waals surface area contributed by atoms with Gasteiger partial charge in [0.25, 0.3) is 11.8 Å². The maximum absolute atomic E-state index is 13.3. The first-order valence-electron chi connectivity index (χ1n) is 10.6. The summed E-state index contributed by atoms with van der Waals surface area (Å²) in [6, 6.07) is 6.58. The van der Waals surface area contributed by atoms with E-state index in [1.54, 1.807) is 0 Å². The molecule has 3 N–H and O–H groups in total. The number of aliphatic hydroxyl groups excluding tert-OH is 1. The standard InChI is InChI=1S/C22H20ClF5N2O7/c23-15-3-1-13(7-16(15)24)34-11-20(33)30-9-12(31)5-6-29-19(32)10-35-14-2-4-17-18(8-14)37-22(27,28)21(25,26)36-17/h1-4,7-8,12,31H,5-6,9-11H2,(H,29,32)(H,30,33)/t12-/m0/s1. The zero-order chi connectivity index (χ0) is 27.2. The van der Waals surface area contributed by atoms with Gasteiger partial charge in [0.15, 0.2) is 24.7 Å². The van der Waals surface area contributed by atoms with Gasteiger partial charge in [0.05, 0.1) is 11.1 Å². The summed E-state index contributed by atoms with van der Waals surface area (Å²) in [4.78, 5) is 23.7. The SMILES string of the molecule is O=C(COc1ccc2c(c1)OC(F)(F)C(F)(F)O2)NCC[C@H](O)CNC(=O)COc1ccc(Cl)c(F)c1. The summed E-state index contributed by atoms with van der Waals surface area (Å²) in [5.74, 6) is -3.25. The molecule has 1 aliphatic heterocycles. The van der Waals surface area contributed by atoms with Crippen LogP contribution in [0.15, 0.2) is 36.4 Å². The Hall–Kier alpha value is -3.52. The first-order chi connectivity index (χ1) is 17.4. The topological polar surface area (TPSA) is 115 Å². The van der Waals surface area contributed by atoms with Gasteiger partial charge in [0, 0.05) is 25.2 Å². The van der Waals surface area contributed by atoms with Crippen LogP contribution in [-0.4, -0.2) is 61.5 Å². The van der Waals surface area contributed by atoms with Gasteiger partial charge in [-0.25, -0.2) is 4.39 Å². The van der Waals surface area contributed by atoms with Crippen molar-refractivity contribution in [3.63, 3.8) is 0 Å². The fraction of sp³-hybridized carbons (Fsp3) is 0.364. The summed E-state index contributed by atoms with van der Waals surface area (Å²) < 4.78 is 84.4. The number of hydrogen-bond donors (Lipinski definition) is 3. The molecule has 0 saturated heterocycles. The summed E-state index contributed by atoms with van der Waals surface area (Å²) in [6.07, 6.45) is -10.7. The van der Waals surface area contributed by atoms with E-state index in [0.29, 0.717) is 0 Å². The zero-order valence-corrected chi connectivity index (χ0v) is 19.5. The molecule has 37 heavy (non-hydrogen) atoms. The number of alkyl halides is 4. The Morgan fingerprint density at radius 2 is 1.49 bits per heavy atom. The van der Waals surface area contributed by atoms with Crippen LogP contribution in [0.1, 0.15) is 6.42 Å². The Morgan fingerprint density at radius 1 is 0.919 bits per heavy atom. The highest BCUT2D eigenvalue weighted by molar-refractivity contribution is 6.30. The van der Waals surface area contributed by atoms with Crippen molar-refractivity contribution >= 4 is 23.4 Å². The van der Waals surface area contributed by atoms with Crippen LogP contribution in [0, 0.1) is 5.82 Å². The van der Waals surface area contributed by atoms with Crippen molar-refractivity contribution in [2.75, 3.05) is 26.3 Å². The lowest BCUT2D eigenvalue weighted by atomic mass is 10.2. The van der Waals surface area contributed by atoms with E-state index in [4.69, 9.17) is 21.1 Å². The molecule has 0 aromatic heterocycles. The van der Waals surface area contributed by atoms with E-state index >= 15 is 0 Å². The molecule has 1 aliphatic rings. The van der Waals surface area contributed by atoms with Crippen molar-refractivity contribution in [2.45, 2.75) is 24.7 Å². The molecule has 2 aromatic rings. The zero-order valence-electron chi connectivity index (χ0n) is 18.7. The molecule has 0 spiro atoms. The molecule has 202 valence electrons. The molecule has 0 unspecified atom stereocenters. The Kier molecular flexibility index (Phi) is 8.86. The van der Waals surface area contributed by atoms with E-state index < -0.39 is 60.7 Å². The summed E-state index contributed by atoms with van der Waals surface area (Å²) >= 11 is 5.55. The molecule has 2 amide bonds. The number of amides is 2. The number of hydrogen-bond acceptors (Lipinski definition) is 7. The van der Waals surface area contributed by atoms with Gasteiger partial charge in [0.1, 0.15) is 17.3 Å². The number of carbonyl (C=O) groups is 2. The second-order valence-corrected chi connectivity index (χ2v) is 8.00. The van der Waals surface area contributed by atoms with E-state index in [0.717, 1.165) is 24.3 Å². The van der Waals surface area contributed by atoms with Gasteiger partial charge in [-0.2, -0.15) is 17.6 Å². The van der Waals surface area contributed by atoms with Gasteiger partial charge in [-0.3, -0.25) is 9.59 Å². The number of aliphatic hydroxyl groups is 1. The molecular weight excluding hydrogens is 535 g/mol. The van der Waals surface area contributed by atoms with Crippen molar-refractivity contribution in [1.82, 2.24) is 10.6 Å². The summed E-state index contributed by atoms with van der Waals surface area (Å²) in [5, 5.41) is 14.7. The molecule has 15 heteroatoms.